The minimum Gasteiger partial charge on any atom is -0.481 e. The maximum atomic E-state index is 12.1. The van der Waals surface area contributed by atoms with Crippen LogP contribution in [0.25, 0.3) is 22.3 Å². The normalized spacial score (nSPS) is 17.0. The van der Waals surface area contributed by atoms with Gasteiger partial charge in [0.25, 0.3) is 0 Å². The van der Waals surface area contributed by atoms with Gasteiger partial charge in [0, 0.05) is 11.5 Å². The molecule has 0 aliphatic heterocycles. The summed E-state index contributed by atoms with van der Waals surface area (Å²) >= 11 is 12.2. The standard InChI is InChI=1S/C20H14Cl2N2O4/c1-8(19(25)26)15(20(27)28)16-9-4-2-3-5-10(9)17-18(16)24-14-7-12(22)11(21)6-13(14)23-17/h2-8,15-16H,1H3,(H,25,26)(H,27,28). The van der Waals surface area contributed by atoms with Crippen LogP contribution in [0.2, 0.25) is 10.0 Å². The van der Waals surface area contributed by atoms with Gasteiger partial charge in [-0.3, -0.25) is 9.59 Å². The Bertz CT molecular complexity index is 1150. The van der Waals surface area contributed by atoms with Crippen molar-refractivity contribution in [3.05, 3.63) is 57.7 Å². The molecule has 3 atom stereocenters. The van der Waals surface area contributed by atoms with Gasteiger partial charge in [0.05, 0.1) is 44.3 Å². The van der Waals surface area contributed by atoms with E-state index in [-0.39, 0.29) is 0 Å². The summed E-state index contributed by atoms with van der Waals surface area (Å²) in [5.74, 6) is -5.43. The van der Waals surface area contributed by atoms with Crippen LogP contribution in [-0.2, 0) is 9.59 Å². The maximum Gasteiger partial charge on any atom is 0.308 e. The van der Waals surface area contributed by atoms with E-state index in [2.05, 4.69) is 9.97 Å². The Morgan fingerprint density at radius 3 is 2.21 bits per heavy atom. The van der Waals surface area contributed by atoms with Gasteiger partial charge in [-0.05, 0) is 17.7 Å². The van der Waals surface area contributed by atoms with Crippen molar-refractivity contribution in [3.63, 3.8) is 0 Å². The van der Waals surface area contributed by atoms with E-state index < -0.39 is 29.7 Å². The molecule has 8 heteroatoms. The Kier molecular flexibility index (Phi) is 4.48. The van der Waals surface area contributed by atoms with Crippen LogP contribution >= 0.6 is 23.2 Å². The summed E-state index contributed by atoms with van der Waals surface area (Å²) in [6, 6.07) is 10.4. The van der Waals surface area contributed by atoms with Gasteiger partial charge in [-0.1, -0.05) is 54.4 Å². The van der Waals surface area contributed by atoms with Crippen molar-refractivity contribution in [1.82, 2.24) is 9.97 Å². The molecule has 28 heavy (non-hydrogen) atoms. The highest BCUT2D eigenvalue weighted by Gasteiger charge is 2.45. The second-order valence-electron chi connectivity index (χ2n) is 6.77. The van der Waals surface area contributed by atoms with Crippen LogP contribution in [0.1, 0.15) is 24.1 Å². The number of carboxylic acid groups (broad SMARTS) is 2. The maximum absolute atomic E-state index is 12.1. The van der Waals surface area contributed by atoms with Gasteiger partial charge in [0.15, 0.2) is 0 Å². The molecule has 3 unspecified atom stereocenters. The summed E-state index contributed by atoms with van der Waals surface area (Å²) in [6.07, 6.45) is 0. The molecule has 142 valence electrons. The Morgan fingerprint density at radius 2 is 1.61 bits per heavy atom. The second kappa shape index (κ2) is 6.72. The molecule has 3 aromatic rings. The topological polar surface area (TPSA) is 100 Å². The van der Waals surface area contributed by atoms with E-state index in [1.807, 2.05) is 12.1 Å². The molecular weight excluding hydrogens is 403 g/mol. The third-order valence-electron chi connectivity index (χ3n) is 5.15. The Morgan fingerprint density at radius 1 is 1.00 bits per heavy atom. The molecule has 2 N–H and O–H groups in total. The molecule has 0 spiro atoms. The summed E-state index contributed by atoms with van der Waals surface area (Å²) in [4.78, 5) is 32.9. The van der Waals surface area contributed by atoms with E-state index in [0.717, 1.165) is 5.56 Å². The Hall–Kier alpha value is -2.70. The number of fused-ring (bicyclic) bond motifs is 4. The van der Waals surface area contributed by atoms with Crippen molar-refractivity contribution in [1.29, 1.82) is 0 Å². The highest BCUT2D eigenvalue weighted by atomic mass is 35.5. The smallest absolute Gasteiger partial charge is 0.308 e. The first kappa shape index (κ1) is 18.7. The summed E-state index contributed by atoms with van der Waals surface area (Å²) in [6.45, 7) is 1.40. The van der Waals surface area contributed by atoms with Gasteiger partial charge in [-0.25, -0.2) is 9.97 Å². The van der Waals surface area contributed by atoms with E-state index in [1.165, 1.54) is 6.92 Å². The molecule has 1 heterocycles. The summed E-state index contributed by atoms with van der Waals surface area (Å²) in [7, 11) is 0. The number of halogens is 2. The van der Waals surface area contributed by atoms with Crippen molar-refractivity contribution in [2.24, 2.45) is 11.8 Å². The number of aromatic nitrogens is 2. The lowest BCUT2D eigenvalue weighted by Gasteiger charge is -2.24. The third-order valence-corrected chi connectivity index (χ3v) is 5.87. The van der Waals surface area contributed by atoms with Gasteiger partial charge < -0.3 is 10.2 Å². The molecule has 2 aromatic carbocycles. The fourth-order valence-corrected chi connectivity index (χ4v) is 4.09. The predicted octanol–water partition coefficient (Wildman–Crippen LogP) is 4.47. The first-order chi connectivity index (χ1) is 13.3. The lowest BCUT2D eigenvalue weighted by Crippen LogP contribution is -2.33. The van der Waals surface area contributed by atoms with E-state index in [0.29, 0.717) is 38.0 Å². The zero-order chi connectivity index (χ0) is 20.2. The quantitative estimate of drug-likeness (QED) is 0.650. The van der Waals surface area contributed by atoms with E-state index in [4.69, 9.17) is 23.2 Å². The highest BCUT2D eigenvalue weighted by Crippen LogP contribution is 2.49. The number of rotatable bonds is 4. The molecule has 0 amide bonds. The van der Waals surface area contributed by atoms with Crippen molar-refractivity contribution in [2.45, 2.75) is 12.8 Å². The average molecular weight is 417 g/mol. The van der Waals surface area contributed by atoms with Gasteiger partial charge in [0.1, 0.15) is 0 Å². The van der Waals surface area contributed by atoms with Crippen molar-refractivity contribution in [2.75, 3.05) is 0 Å². The summed E-state index contributed by atoms with van der Waals surface area (Å²) in [5.41, 5.74) is 3.42. The summed E-state index contributed by atoms with van der Waals surface area (Å²) < 4.78 is 0. The highest BCUT2D eigenvalue weighted by molar-refractivity contribution is 6.42. The minimum atomic E-state index is -1.20. The Balaban J connectivity index is 2.01. The Labute approximate surface area is 169 Å². The molecule has 0 radical (unpaired) electrons. The minimum absolute atomic E-state index is 0.309. The van der Waals surface area contributed by atoms with E-state index >= 15 is 0 Å². The SMILES string of the molecule is CC(C(=O)O)C(C(=O)O)C1c2ccccc2-c2nc3cc(Cl)c(Cl)cc3nc21. The molecule has 4 rings (SSSR count). The number of carbonyl (C=O) groups is 2. The fourth-order valence-electron chi connectivity index (χ4n) is 3.77. The zero-order valence-corrected chi connectivity index (χ0v) is 16.1. The van der Waals surface area contributed by atoms with Crippen LogP contribution < -0.4 is 0 Å². The van der Waals surface area contributed by atoms with Gasteiger partial charge in [-0.2, -0.15) is 0 Å². The largest absolute Gasteiger partial charge is 0.481 e. The molecule has 1 aliphatic carbocycles. The first-order valence-corrected chi connectivity index (χ1v) is 9.26. The zero-order valence-electron chi connectivity index (χ0n) is 14.6. The van der Waals surface area contributed by atoms with Crippen LogP contribution in [0.5, 0.6) is 0 Å². The van der Waals surface area contributed by atoms with Gasteiger partial charge in [-0.15, -0.1) is 0 Å². The third kappa shape index (κ3) is 2.80. The molecule has 6 nitrogen and oxygen atoms in total. The van der Waals surface area contributed by atoms with Gasteiger partial charge >= 0.3 is 11.9 Å². The van der Waals surface area contributed by atoms with Crippen molar-refractivity contribution >= 4 is 46.2 Å². The molecule has 0 saturated carbocycles. The lowest BCUT2D eigenvalue weighted by atomic mass is 9.78. The fraction of sp³-hybridized carbons (Fsp3) is 0.200. The first-order valence-electron chi connectivity index (χ1n) is 8.51. The summed E-state index contributed by atoms with van der Waals surface area (Å²) in [5, 5.41) is 20.0. The number of aliphatic carboxylic acids is 2. The average Bonchev–Trinajstić information content (AvgIpc) is 2.94. The second-order valence-corrected chi connectivity index (χ2v) is 7.58. The van der Waals surface area contributed by atoms with Crippen LogP contribution in [0, 0.1) is 11.8 Å². The van der Waals surface area contributed by atoms with Crippen LogP contribution in [0.3, 0.4) is 0 Å². The monoisotopic (exact) mass is 416 g/mol. The molecule has 1 aliphatic rings. The molecular formula is C20H14Cl2N2O4. The number of benzene rings is 2. The predicted molar refractivity (Wildman–Crippen MR) is 105 cm³/mol. The van der Waals surface area contributed by atoms with Crippen molar-refractivity contribution in [3.8, 4) is 11.3 Å². The van der Waals surface area contributed by atoms with Crippen LogP contribution in [0.4, 0.5) is 0 Å². The number of hydrogen-bond donors (Lipinski definition) is 2. The van der Waals surface area contributed by atoms with E-state index in [1.54, 1.807) is 24.3 Å². The van der Waals surface area contributed by atoms with Crippen LogP contribution in [0.15, 0.2) is 36.4 Å². The van der Waals surface area contributed by atoms with E-state index in [9.17, 15) is 19.8 Å². The number of nitrogens with zero attached hydrogens (tertiary/aromatic N) is 2. The molecule has 1 aromatic heterocycles. The molecule has 0 bridgehead atoms. The lowest BCUT2D eigenvalue weighted by molar-refractivity contribution is -0.153. The van der Waals surface area contributed by atoms with Crippen molar-refractivity contribution < 1.29 is 19.8 Å². The number of hydrogen-bond acceptors (Lipinski definition) is 4. The molecule has 0 fully saturated rings. The van der Waals surface area contributed by atoms with Gasteiger partial charge in [0.2, 0.25) is 0 Å². The molecule has 0 saturated heterocycles. The van der Waals surface area contributed by atoms with Crippen LogP contribution in [-0.4, -0.2) is 32.1 Å². The number of carboxylic acids is 2.